The summed E-state index contributed by atoms with van der Waals surface area (Å²) in [6, 6.07) is 14.6. The number of aliphatic hydroxyl groups is 1. The van der Waals surface area contributed by atoms with Gasteiger partial charge in [-0.05, 0) is 43.3 Å². The van der Waals surface area contributed by atoms with Crippen molar-refractivity contribution in [3.8, 4) is 0 Å². The Bertz CT molecular complexity index is 650. The molecule has 1 heterocycles. The van der Waals surface area contributed by atoms with Crippen LogP contribution in [0.15, 0.2) is 52.3 Å². The van der Waals surface area contributed by atoms with Gasteiger partial charge >= 0.3 is 0 Å². The van der Waals surface area contributed by atoms with Crippen molar-refractivity contribution >= 4 is 34.7 Å². The van der Waals surface area contributed by atoms with Crippen molar-refractivity contribution in [3.05, 3.63) is 47.5 Å². The fourth-order valence-electron chi connectivity index (χ4n) is 2.61. The molecular formula is C17H19ClN2OS. The number of nitrogens with zero attached hydrogens (tertiary/aromatic N) is 1. The molecular weight excluding hydrogens is 316 g/mol. The van der Waals surface area contributed by atoms with E-state index in [1.807, 2.05) is 12.1 Å². The molecule has 0 spiro atoms. The van der Waals surface area contributed by atoms with Gasteiger partial charge in [-0.2, -0.15) is 0 Å². The summed E-state index contributed by atoms with van der Waals surface area (Å²) in [6.45, 7) is 2.64. The zero-order chi connectivity index (χ0) is 15.4. The molecule has 1 aliphatic heterocycles. The molecule has 3 nitrogen and oxygen atoms in total. The maximum Gasteiger partial charge on any atom is 0.0567 e. The topological polar surface area (TPSA) is 35.5 Å². The van der Waals surface area contributed by atoms with Crippen molar-refractivity contribution in [2.24, 2.45) is 0 Å². The standard InChI is InChI=1S/C17H19ClN2OS/c18-13-6-7-17-15(12-13)20(10-3-8-19-9-11-21)14-4-1-2-5-16(14)22-17/h1-2,4-7,12,19,21H,3,8-11H2. The Labute approximate surface area is 140 Å². The van der Waals surface area contributed by atoms with Gasteiger partial charge in [0.15, 0.2) is 0 Å². The third kappa shape index (κ3) is 3.41. The molecule has 116 valence electrons. The van der Waals surface area contributed by atoms with E-state index in [1.54, 1.807) is 11.8 Å². The molecule has 0 saturated heterocycles. The van der Waals surface area contributed by atoms with E-state index in [1.165, 1.54) is 21.2 Å². The highest BCUT2D eigenvalue weighted by Crippen LogP contribution is 2.48. The second-order valence-corrected chi connectivity index (χ2v) is 6.68. The number of fused-ring (bicyclic) bond motifs is 2. The second kappa shape index (κ2) is 7.38. The number of aliphatic hydroxyl groups excluding tert-OH is 1. The third-order valence-electron chi connectivity index (χ3n) is 3.61. The van der Waals surface area contributed by atoms with Gasteiger partial charge in [-0.25, -0.2) is 0 Å². The number of rotatable bonds is 6. The normalized spacial score (nSPS) is 12.9. The molecule has 2 aromatic carbocycles. The van der Waals surface area contributed by atoms with Gasteiger partial charge in [0.1, 0.15) is 0 Å². The first kappa shape index (κ1) is 15.7. The lowest BCUT2D eigenvalue weighted by atomic mass is 10.2. The molecule has 3 rings (SSSR count). The quantitative estimate of drug-likeness (QED) is 0.785. The molecule has 0 amide bonds. The number of hydrogen-bond donors (Lipinski definition) is 2. The number of para-hydroxylation sites is 1. The van der Waals surface area contributed by atoms with E-state index in [9.17, 15) is 0 Å². The lowest BCUT2D eigenvalue weighted by Crippen LogP contribution is -2.26. The highest BCUT2D eigenvalue weighted by molar-refractivity contribution is 7.99. The van der Waals surface area contributed by atoms with E-state index in [0.717, 1.165) is 24.5 Å². The van der Waals surface area contributed by atoms with E-state index in [2.05, 4.69) is 40.5 Å². The maximum atomic E-state index is 8.81. The minimum atomic E-state index is 0.182. The summed E-state index contributed by atoms with van der Waals surface area (Å²) in [5.74, 6) is 0. The van der Waals surface area contributed by atoms with Crippen molar-refractivity contribution in [3.63, 3.8) is 0 Å². The van der Waals surface area contributed by atoms with E-state index >= 15 is 0 Å². The molecule has 0 fully saturated rings. The van der Waals surface area contributed by atoms with Crippen LogP contribution in [-0.2, 0) is 0 Å². The molecule has 0 bridgehead atoms. The summed E-state index contributed by atoms with van der Waals surface area (Å²) in [5.41, 5.74) is 2.42. The average Bonchev–Trinajstić information content (AvgIpc) is 2.54. The van der Waals surface area contributed by atoms with Gasteiger partial charge in [0.25, 0.3) is 0 Å². The molecule has 0 radical (unpaired) electrons. The Hall–Kier alpha value is -1.20. The summed E-state index contributed by atoms with van der Waals surface area (Å²) >= 11 is 7.99. The molecule has 0 unspecified atom stereocenters. The van der Waals surface area contributed by atoms with Crippen LogP contribution in [0.1, 0.15) is 6.42 Å². The van der Waals surface area contributed by atoms with Crippen molar-refractivity contribution < 1.29 is 5.11 Å². The predicted octanol–water partition coefficient (Wildman–Crippen LogP) is 3.91. The SMILES string of the molecule is OCCNCCCN1c2ccccc2Sc2ccc(Cl)cc21. The fraction of sp³-hybridized carbons (Fsp3) is 0.294. The fourth-order valence-corrected chi connectivity index (χ4v) is 3.85. The van der Waals surface area contributed by atoms with Gasteiger partial charge in [-0.15, -0.1) is 0 Å². The van der Waals surface area contributed by atoms with E-state index in [0.29, 0.717) is 6.54 Å². The second-order valence-electron chi connectivity index (χ2n) is 5.16. The van der Waals surface area contributed by atoms with Crippen LogP contribution >= 0.6 is 23.4 Å². The summed E-state index contributed by atoms with van der Waals surface area (Å²) in [7, 11) is 0. The third-order valence-corrected chi connectivity index (χ3v) is 4.98. The number of nitrogens with one attached hydrogen (secondary N) is 1. The number of anilines is 2. The van der Waals surface area contributed by atoms with Gasteiger partial charge in [0.05, 0.1) is 18.0 Å². The smallest absolute Gasteiger partial charge is 0.0567 e. The van der Waals surface area contributed by atoms with Gasteiger partial charge in [0, 0.05) is 27.9 Å². The first-order chi connectivity index (χ1) is 10.8. The molecule has 22 heavy (non-hydrogen) atoms. The molecule has 0 saturated carbocycles. The highest BCUT2D eigenvalue weighted by Gasteiger charge is 2.22. The predicted molar refractivity (Wildman–Crippen MR) is 93.6 cm³/mol. The Balaban J connectivity index is 1.82. The van der Waals surface area contributed by atoms with E-state index in [-0.39, 0.29) is 6.61 Å². The minimum Gasteiger partial charge on any atom is -0.395 e. The van der Waals surface area contributed by atoms with Gasteiger partial charge in [0.2, 0.25) is 0 Å². The Morgan fingerprint density at radius 1 is 1.05 bits per heavy atom. The molecule has 5 heteroatoms. The molecule has 1 aliphatic rings. The molecule has 2 aromatic rings. The minimum absolute atomic E-state index is 0.182. The van der Waals surface area contributed by atoms with Crippen LogP contribution in [-0.4, -0.2) is 31.3 Å². The van der Waals surface area contributed by atoms with Crippen LogP contribution in [0.2, 0.25) is 5.02 Å². The zero-order valence-electron chi connectivity index (χ0n) is 12.3. The molecule has 0 atom stereocenters. The summed E-state index contributed by atoms with van der Waals surface area (Å²) in [4.78, 5) is 4.86. The maximum absolute atomic E-state index is 8.81. The van der Waals surface area contributed by atoms with E-state index < -0.39 is 0 Å². The highest BCUT2D eigenvalue weighted by atomic mass is 35.5. The average molecular weight is 335 g/mol. The van der Waals surface area contributed by atoms with Crippen LogP contribution in [0.25, 0.3) is 0 Å². The van der Waals surface area contributed by atoms with Gasteiger partial charge in [-0.3, -0.25) is 0 Å². The largest absolute Gasteiger partial charge is 0.395 e. The van der Waals surface area contributed by atoms with Crippen molar-refractivity contribution in [1.29, 1.82) is 0 Å². The van der Waals surface area contributed by atoms with Crippen LogP contribution in [0.5, 0.6) is 0 Å². The first-order valence-corrected chi connectivity index (χ1v) is 8.64. The van der Waals surface area contributed by atoms with Crippen LogP contribution in [0.4, 0.5) is 11.4 Å². The van der Waals surface area contributed by atoms with Crippen molar-refractivity contribution in [2.45, 2.75) is 16.2 Å². The lowest BCUT2D eigenvalue weighted by Gasteiger charge is -2.33. The van der Waals surface area contributed by atoms with Crippen LogP contribution < -0.4 is 10.2 Å². The monoisotopic (exact) mass is 334 g/mol. The molecule has 0 aromatic heterocycles. The Morgan fingerprint density at radius 3 is 2.73 bits per heavy atom. The van der Waals surface area contributed by atoms with Crippen molar-refractivity contribution in [2.75, 3.05) is 31.1 Å². The first-order valence-electron chi connectivity index (χ1n) is 7.45. The molecule has 0 aliphatic carbocycles. The Morgan fingerprint density at radius 2 is 1.86 bits per heavy atom. The molecule has 2 N–H and O–H groups in total. The summed E-state index contributed by atoms with van der Waals surface area (Å²) in [6.07, 6.45) is 1.00. The number of benzene rings is 2. The van der Waals surface area contributed by atoms with Gasteiger partial charge < -0.3 is 15.3 Å². The van der Waals surface area contributed by atoms with Crippen LogP contribution in [0, 0.1) is 0 Å². The number of hydrogen-bond acceptors (Lipinski definition) is 4. The lowest BCUT2D eigenvalue weighted by molar-refractivity contribution is 0.292. The number of halogens is 1. The van der Waals surface area contributed by atoms with Crippen LogP contribution in [0.3, 0.4) is 0 Å². The zero-order valence-corrected chi connectivity index (χ0v) is 13.8. The summed E-state index contributed by atoms with van der Waals surface area (Å²) in [5, 5.41) is 12.8. The van der Waals surface area contributed by atoms with Gasteiger partial charge in [-0.1, -0.05) is 35.5 Å². The Kier molecular flexibility index (Phi) is 5.26. The van der Waals surface area contributed by atoms with Crippen molar-refractivity contribution in [1.82, 2.24) is 5.32 Å². The summed E-state index contributed by atoms with van der Waals surface area (Å²) < 4.78 is 0. The van der Waals surface area contributed by atoms with E-state index in [4.69, 9.17) is 16.7 Å².